The Balaban J connectivity index is 3.02. The van der Waals surface area contributed by atoms with E-state index in [4.69, 9.17) is 0 Å². The van der Waals surface area contributed by atoms with Gasteiger partial charge in [0, 0.05) is 7.05 Å². The standard InChI is InChI=1S/C12H17NO/c1-8-5-9(2)11(10(3)6-8)7-12(14)13-4/h5-6H,7H2,1-4H3,(H,13,14). The summed E-state index contributed by atoms with van der Waals surface area (Å²) in [5, 5.41) is 2.64. The summed E-state index contributed by atoms with van der Waals surface area (Å²) in [7, 11) is 1.67. The van der Waals surface area contributed by atoms with Crippen LogP contribution in [0.15, 0.2) is 12.1 Å². The Bertz CT molecular complexity index is 332. The van der Waals surface area contributed by atoms with Gasteiger partial charge in [0.15, 0.2) is 0 Å². The number of aryl methyl sites for hydroxylation is 3. The second-order valence-corrected chi connectivity index (χ2v) is 3.73. The summed E-state index contributed by atoms with van der Waals surface area (Å²) in [6, 6.07) is 4.23. The molecule has 0 aliphatic carbocycles. The number of hydrogen-bond donors (Lipinski definition) is 1. The van der Waals surface area contributed by atoms with Gasteiger partial charge in [0.05, 0.1) is 6.42 Å². The van der Waals surface area contributed by atoms with Crippen molar-refractivity contribution in [3.05, 3.63) is 34.4 Å². The molecule has 2 heteroatoms. The molecule has 0 atom stereocenters. The lowest BCUT2D eigenvalue weighted by Gasteiger charge is -2.10. The molecule has 1 N–H and O–H groups in total. The summed E-state index contributed by atoms with van der Waals surface area (Å²) in [5.41, 5.74) is 4.80. The van der Waals surface area contributed by atoms with E-state index >= 15 is 0 Å². The van der Waals surface area contributed by atoms with Crippen LogP contribution in [0.2, 0.25) is 0 Å². The Morgan fingerprint density at radius 1 is 1.21 bits per heavy atom. The molecule has 14 heavy (non-hydrogen) atoms. The molecule has 0 aliphatic heterocycles. The van der Waals surface area contributed by atoms with Crippen molar-refractivity contribution in [2.24, 2.45) is 0 Å². The zero-order valence-corrected chi connectivity index (χ0v) is 9.27. The lowest BCUT2D eigenvalue weighted by molar-refractivity contribution is -0.119. The van der Waals surface area contributed by atoms with Crippen LogP contribution in [0.5, 0.6) is 0 Å². The predicted octanol–water partition coefficient (Wildman–Crippen LogP) is 1.90. The van der Waals surface area contributed by atoms with Crippen LogP contribution in [0.3, 0.4) is 0 Å². The number of carbonyl (C=O) groups excluding carboxylic acids is 1. The third-order valence-electron chi connectivity index (χ3n) is 2.46. The number of hydrogen-bond acceptors (Lipinski definition) is 1. The van der Waals surface area contributed by atoms with E-state index in [-0.39, 0.29) is 5.91 Å². The van der Waals surface area contributed by atoms with E-state index in [2.05, 4.69) is 38.2 Å². The van der Waals surface area contributed by atoms with Crippen LogP contribution >= 0.6 is 0 Å². The molecule has 0 bridgehead atoms. The molecule has 0 radical (unpaired) electrons. The number of rotatable bonds is 2. The van der Waals surface area contributed by atoms with Crippen molar-refractivity contribution in [3.8, 4) is 0 Å². The van der Waals surface area contributed by atoms with Crippen molar-refractivity contribution in [2.75, 3.05) is 7.05 Å². The van der Waals surface area contributed by atoms with Gasteiger partial charge < -0.3 is 5.32 Å². The summed E-state index contributed by atoms with van der Waals surface area (Å²) in [6.45, 7) is 6.18. The third-order valence-corrected chi connectivity index (χ3v) is 2.46. The summed E-state index contributed by atoms with van der Waals surface area (Å²) in [5.74, 6) is 0.0695. The molecule has 0 aliphatic rings. The molecule has 76 valence electrons. The molecule has 0 saturated carbocycles. The number of amides is 1. The van der Waals surface area contributed by atoms with Crippen molar-refractivity contribution in [3.63, 3.8) is 0 Å². The normalized spacial score (nSPS) is 10.0. The van der Waals surface area contributed by atoms with Crippen LogP contribution in [-0.2, 0) is 11.2 Å². The first-order valence-corrected chi connectivity index (χ1v) is 4.82. The fraction of sp³-hybridized carbons (Fsp3) is 0.417. The Kier molecular flexibility index (Phi) is 3.28. The Labute approximate surface area is 85.3 Å². The largest absolute Gasteiger partial charge is 0.359 e. The van der Waals surface area contributed by atoms with E-state index in [0.717, 1.165) is 5.56 Å². The fourth-order valence-electron chi connectivity index (χ4n) is 1.74. The number of carbonyl (C=O) groups is 1. The fourth-order valence-corrected chi connectivity index (χ4v) is 1.74. The molecule has 0 saturated heterocycles. The van der Waals surface area contributed by atoms with Crippen LogP contribution < -0.4 is 5.32 Å². The molecule has 1 amide bonds. The van der Waals surface area contributed by atoms with Crippen molar-refractivity contribution in [1.29, 1.82) is 0 Å². The van der Waals surface area contributed by atoms with Gasteiger partial charge in [-0.3, -0.25) is 4.79 Å². The minimum atomic E-state index is 0.0695. The Hall–Kier alpha value is -1.31. The van der Waals surface area contributed by atoms with Gasteiger partial charge in [-0.1, -0.05) is 17.7 Å². The zero-order chi connectivity index (χ0) is 10.7. The first kappa shape index (κ1) is 10.8. The van der Waals surface area contributed by atoms with E-state index in [9.17, 15) is 4.79 Å². The van der Waals surface area contributed by atoms with E-state index in [1.165, 1.54) is 16.7 Å². The third kappa shape index (κ3) is 2.34. The highest BCUT2D eigenvalue weighted by molar-refractivity contribution is 5.79. The topological polar surface area (TPSA) is 29.1 Å². The van der Waals surface area contributed by atoms with Crippen molar-refractivity contribution >= 4 is 5.91 Å². The predicted molar refractivity (Wildman–Crippen MR) is 58.4 cm³/mol. The maximum absolute atomic E-state index is 11.3. The average Bonchev–Trinajstić information content (AvgIpc) is 2.10. The van der Waals surface area contributed by atoms with Crippen LogP contribution in [0.1, 0.15) is 22.3 Å². The van der Waals surface area contributed by atoms with Gasteiger partial charge in [-0.15, -0.1) is 0 Å². The maximum Gasteiger partial charge on any atom is 0.224 e. The van der Waals surface area contributed by atoms with Gasteiger partial charge in [-0.2, -0.15) is 0 Å². The van der Waals surface area contributed by atoms with E-state index in [1.807, 2.05) is 0 Å². The van der Waals surface area contributed by atoms with Gasteiger partial charge in [0.25, 0.3) is 0 Å². The Morgan fingerprint density at radius 2 is 1.71 bits per heavy atom. The highest BCUT2D eigenvalue weighted by Gasteiger charge is 2.07. The molecule has 0 fully saturated rings. The maximum atomic E-state index is 11.3. The molecule has 0 spiro atoms. The zero-order valence-electron chi connectivity index (χ0n) is 9.27. The van der Waals surface area contributed by atoms with Gasteiger partial charge >= 0.3 is 0 Å². The van der Waals surface area contributed by atoms with Crippen molar-refractivity contribution < 1.29 is 4.79 Å². The lowest BCUT2D eigenvalue weighted by Crippen LogP contribution is -2.21. The van der Waals surface area contributed by atoms with Crippen LogP contribution in [0.4, 0.5) is 0 Å². The number of nitrogens with one attached hydrogen (secondary N) is 1. The van der Waals surface area contributed by atoms with Gasteiger partial charge in [0.2, 0.25) is 5.91 Å². The van der Waals surface area contributed by atoms with Gasteiger partial charge in [-0.05, 0) is 37.5 Å². The van der Waals surface area contributed by atoms with Gasteiger partial charge in [0.1, 0.15) is 0 Å². The summed E-state index contributed by atoms with van der Waals surface area (Å²) >= 11 is 0. The average molecular weight is 191 g/mol. The summed E-state index contributed by atoms with van der Waals surface area (Å²) in [6.07, 6.45) is 0.481. The first-order valence-electron chi connectivity index (χ1n) is 4.82. The van der Waals surface area contributed by atoms with Crippen molar-refractivity contribution in [2.45, 2.75) is 27.2 Å². The molecule has 1 aromatic rings. The molecule has 0 unspecified atom stereocenters. The highest BCUT2D eigenvalue weighted by Crippen LogP contribution is 2.16. The van der Waals surface area contributed by atoms with E-state index in [0.29, 0.717) is 6.42 Å². The number of likely N-dealkylation sites (N-methyl/N-ethyl adjacent to an activating group) is 1. The molecule has 1 aromatic carbocycles. The minimum Gasteiger partial charge on any atom is -0.359 e. The van der Waals surface area contributed by atoms with Crippen LogP contribution in [-0.4, -0.2) is 13.0 Å². The minimum absolute atomic E-state index is 0.0695. The molecule has 0 heterocycles. The highest BCUT2D eigenvalue weighted by atomic mass is 16.1. The van der Waals surface area contributed by atoms with Crippen LogP contribution in [0.25, 0.3) is 0 Å². The second kappa shape index (κ2) is 4.27. The first-order chi connectivity index (χ1) is 6.54. The second-order valence-electron chi connectivity index (χ2n) is 3.73. The molecule has 0 aromatic heterocycles. The molecular formula is C12H17NO. The summed E-state index contributed by atoms with van der Waals surface area (Å²) < 4.78 is 0. The molecule has 2 nitrogen and oxygen atoms in total. The SMILES string of the molecule is CNC(=O)Cc1c(C)cc(C)cc1C. The molecule has 1 rings (SSSR count). The monoisotopic (exact) mass is 191 g/mol. The quantitative estimate of drug-likeness (QED) is 0.760. The van der Waals surface area contributed by atoms with E-state index in [1.54, 1.807) is 7.05 Å². The van der Waals surface area contributed by atoms with Crippen LogP contribution in [0, 0.1) is 20.8 Å². The Morgan fingerprint density at radius 3 is 2.14 bits per heavy atom. The molecular weight excluding hydrogens is 174 g/mol. The lowest BCUT2D eigenvalue weighted by atomic mass is 9.97. The van der Waals surface area contributed by atoms with Crippen molar-refractivity contribution in [1.82, 2.24) is 5.32 Å². The summed E-state index contributed by atoms with van der Waals surface area (Å²) in [4.78, 5) is 11.3. The van der Waals surface area contributed by atoms with Gasteiger partial charge in [-0.25, -0.2) is 0 Å². The van der Waals surface area contributed by atoms with E-state index < -0.39 is 0 Å². The smallest absolute Gasteiger partial charge is 0.224 e. The number of benzene rings is 1.